The van der Waals surface area contributed by atoms with Crippen LogP contribution in [0, 0.1) is 0 Å². The van der Waals surface area contributed by atoms with Crippen LogP contribution in [0.3, 0.4) is 0 Å². The molecule has 3 aromatic heterocycles. The lowest BCUT2D eigenvalue weighted by molar-refractivity contribution is -0.136. The Hall–Kier alpha value is -3.06. The molecule has 0 atom stereocenters. The normalized spacial score (nSPS) is 11.2. The highest BCUT2D eigenvalue weighted by Crippen LogP contribution is 2.24. The third-order valence-corrected chi connectivity index (χ3v) is 4.96. The van der Waals surface area contributed by atoms with Crippen LogP contribution in [0.2, 0.25) is 0 Å². The van der Waals surface area contributed by atoms with E-state index in [-0.39, 0.29) is 18.5 Å². The minimum absolute atomic E-state index is 0.227. The molecular formula is C18H13N3O3S. The van der Waals surface area contributed by atoms with Gasteiger partial charge in [0.25, 0.3) is 5.56 Å². The molecule has 0 aliphatic rings. The van der Waals surface area contributed by atoms with Crippen LogP contribution in [0.5, 0.6) is 0 Å². The van der Waals surface area contributed by atoms with Gasteiger partial charge in [0.05, 0.1) is 24.0 Å². The second-order valence-electron chi connectivity index (χ2n) is 5.64. The first-order valence-electron chi connectivity index (χ1n) is 7.66. The number of aromatic nitrogens is 3. The van der Waals surface area contributed by atoms with Gasteiger partial charge in [-0.15, -0.1) is 11.3 Å². The topological polar surface area (TPSA) is 85.1 Å². The molecule has 0 aliphatic carbocycles. The quantitative estimate of drug-likeness (QED) is 0.611. The van der Waals surface area contributed by atoms with E-state index in [0.717, 1.165) is 15.1 Å². The van der Waals surface area contributed by atoms with Gasteiger partial charge in [0, 0.05) is 21.8 Å². The highest BCUT2D eigenvalue weighted by atomic mass is 32.1. The van der Waals surface area contributed by atoms with Gasteiger partial charge in [-0.3, -0.25) is 9.59 Å². The van der Waals surface area contributed by atoms with Crippen LogP contribution in [-0.4, -0.2) is 25.8 Å². The lowest BCUT2D eigenvalue weighted by atomic mass is 10.1. The van der Waals surface area contributed by atoms with Crippen LogP contribution in [-0.2, 0) is 17.8 Å². The van der Waals surface area contributed by atoms with Crippen molar-refractivity contribution in [1.82, 2.24) is 14.8 Å². The molecule has 4 aromatic rings. The lowest BCUT2D eigenvalue weighted by Crippen LogP contribution is -2.25. The molecule has 0 spiro atoms. The Labute approximate surface area is 146 Å². The largest absolute Gasteiger partial charge is 0.481 e. The third kappa shape index (κ3) is 2.89. The van der Waals surface area contributed by atoms with E-state index >= 15 is 0 Å². The first-order chi connectivity index (χ1) is 12.1. The number of carboxylic acids is 1. The van der Waals surface area contributed by atoms with E-state index in [0.29, 0.717) is 16.5 Å². The summed E-state index contributed by atoms with van der Waals surface area (Å²) in [6.07, 6.45) is 1.50. The maximum atomic E-state index is 12.7. The summed E-state index contributed by atoms with van der Waals surface area (Å²) >= 11 is 1.50. The van der Waals surface area contributed by atoms with Gasteiger partial charge in [-0.1, -0.05) is 24.3 Å². The number of nitrogens with zero attached hydrogens (tertiary/aromatic N) is 3. The van der Waals surface area contributed by atoms with Gasteiger partial charge in [-0.05, 0) is 18.2 Å². The predicted octanol–water partition coefficient (Wildman–Crippen LogP) is 2.68. The maximum Gasteiger partial charge on any atom is 0.309 e. The van der Waals surface area contributed by atoms with Crippen molar-refractivity contribution in [3.8, 4) is 0 Å². The monoisotopic (exact) mass is 351 g/mol. The molecule has 0 unspecified atom stereocenters. The Morgan fingerprint density at radius 3 is 2.72 bits per heavy atom. The zero-order chi connectivity index (χ0) is 17.4. The van der Waals surface area contributed by atoms with Crippen LogP contribution in [0.4, 0.5) is 0 Å². The zero-order valence-corrected chi connectivity index (χ0v) is 13.9. The standard InChI is InChI=1S/C18H13N3O3S/c22-16(23)9-15-13-5-1-2-6-14(13)18(24)21(20-15)10-12-8-11-4-3-7-19-17(11)25-12/h1-8H,9-10H2,(H,22,23). The first-order valence-corrected chi connectivity index (χ1v) is 8.47. The Bertz CT molecular complexity index is 1130. The van der Waals surface area contributed by atoms with E-state index < -0.39 is 5.97 Å². The average molecular weight is 351 g/mol. The highest BCUT2D eigenvalue weighted by molar-refractivity contribution is 7.18. The van der Waals surface area contributed by atoms with Crippen LogP contribution in [0.1, 0.15) is 10.6 Å². The summed E-state index contributed by atoms with van der Waals surface area (Å²) in [5, 5.41) is 15.5. The molecule has 0 aliphatic heterocycles. The number of rotatable bonds is 4. The molecule has 0 fully saturated rings. The molecule has 0 radical (unpaired) electrons. The van der Waals surface area contributed by atoms with Crippen molar-refractivity contribution in [1.29, 1.82) is 0 Å². The molecule has 7 heteroatoms. The second-order valence-corrected chi connectivity index (χ2v) is 6.75. The fraction of sp³-hybridized carbons (Fsp3) is 0.111. The first kappa shape index (κ1) is 15.5. The summed E-state index contributed by atoms with van der Waals surface area (Å²) in [5.74, 6) is -0.978. The number of thiophene rings is 1. The Kier molecular flexibility index (Phi) is 3.77. The van der Waals surface area contributed by atoms with E-state index in [2.05, 4.69) is 10.1 Å². The van der Waals surface area contributed by atoms with E-state index in [1.807, 2.05) is 18.2 Å². The van der Waals surface area contributed by atoms with E-state index in [4.69, 9.17) is 5.11 Å². The molecule has 25 heavy (non-hydrogen) atoms. The molecule has 4 rings (SSSR count). The minimum atomic E-state index is -0.978. The van der Waals surface area contributed by atoms with Crippen LogP contribution < -0.4 is 5.56 Å². The lowest BCUT2D eigenvalue weighted by Gasteiger charge is -2.09. The van der Waals surface area contributed by atoms with Crippen molar-refractivity contribution in [2.75, 3.05) is 0 Å². The van der Waals surface area contributed by atoms with Crippen LogP contribution in [0.25, 0.3) is 21.0 Å². The van der Waals surface area contributed by atoms with Crippen molar-refractivity contribution in [2.24, 2.45) is 0 Å². The van der Waals surface area contributed by atoms with Crippen molar-refractivity contribution < 1.29 is 9.90 Å². The van der Waals surface area contributed by atoms with E-state index in [9.17, 15) is 9.59 Å². The molecule has 1 N–H and O–H groups in total. The summed E-state index contributed by atoms with van der Waals surface area (Å²) < 4.78 is 1.34. The molecule has 0 amide bonds. The van der Waals surface area contributed by atoms with Gasteiger partial charge in [-0.25, -0.2) is 9.67 Å². The van der Waals surface area contributed by atoms with E-state index in [1.54, 1.807) is 30.5 Å². The summed E-state index contributed by atoms with van der Waals surface area (Å²) in [7, 11) is 0. The summed E-state index contributed by atoms with van der Waals surface area (Å²) in [5.41, 5.74) is 0.164. The number of fused-ring (bicyclic) bond motifs is 2. The van der Waals surface area contributed by atoms with Gasteiger partial charge in [-0.2, -0.15) is 5.10 Å². The molecule has 6 nitrogen and oxygen atoms in total. The Morgan fingerprint density at radius 2 is 1.96 bits per heavy atom. The number of benzene rings is 1. The van der Waals surface area contributed by atoms with Gasteiger partial charge in [0.15, 0.2) is 0 Å². The smallest absolute Gasteiger partial charge is 0.309 e. The summed E-state index contributed by atoms with van der Waals surface area (Å²) in [6.45, 7) is 0.289. The molecule has 124 valence electrons. The second kappa shape index (κ2) is 6.10. The Balaban J connectivity index is 1.84. The van der Waals surface area contributed by atoms with Crippen LogP contribution in [0.15, 0.2) is 53.5 Å². The SMILES string of the molecule is O=C(O)Cc1nn(Cc2cc3cccnc3s2)c(=O)c2ccccc12. The van der Waals surface area contributed by atoms with Gasteiger partial charge in [0.2, 0.25) is 0 Å². The molecular weight excluding hydrogens is 338 g/mol. The number of pyridine rings is 1. The van der Waals surface area contributed by atoms with Crippen molar-refractivity contribution in [2.45, 2.75) is 13.0 Å². The number of aliphatic carboxylic acids is 1. The average Bonchev–Trinajstić information content (AvgIpc) is 3.01. The fourth-order valence-electron chi connectivity index (χ4n) is 2.84. The number of carbonyl (C=O) groups is 1. The van der Waals surface area contributed by atoms with Crippen LogP contribution >= 0.6 is 11.3 Å². The van der Waals surface area contributed by atoms with Crippen molar-refractivity contribution in [3.63, 3.8) is 0 Å². The van der Waals surface area contributed by atoms with E-state index in [1.165, 1.54) is 16.0 Å². The van der Waals surface area contributed by atoms with Gasteiger partial charge in [0.1, 0.15) is 4.83 Å². The number of carboxylic acid groups (broad SMARTS) is 1. The molecule has 0 bridgehead atoms. The third-order valence-electron chi connectivity index (χ3n) is 3.91. The fourth-order valence-corrected chi connectivity index (χ4v) is 3.82. The van der Waals surface area contributed by atoms with Gasteiger partial charge >= 0.3 is 5.97 Å². The minimum Gasteiger partial charge on any atom is -0.481 e. The zero-order valence-electron chi connectivity index (χ0n) is 13.0. The van der Waals surface area contributed by atoms with Crippen molar-refractivity contribution in [3.05, 3.63) is 69.6 Å². The van der Waals surface area contributed by atoms with Crippen molar-refractivity contribution >= 4 is 38.3 Å². The molecule has 3 heterocycles. The maximum absolute atomic E-state index is 12.7. The molecule has 1 aromatic carbocycles. The molecule has 0 saturated heterocycles. The number of hydrogen-bond donors (Lipinski definition) is 1. The number of hydrogen-bond acceptors (Lipinski definition) is 5. The highest BCUT2D eigenvalue weighted by Gasteiger charge is 2.14. The predicted molar refractivity (Wildman–Crippen MR) is 96.1 cm³/mol. The van der Waals surface area contributed by atoms with Gasteiger partial charge < -0.3 is 5.11 Å². The summed E-state index contributed by atoms with van der Waals surface area (Å²) in [6, 6.07) is 12.8. The molecule has 0 saturated carbocycles. The Morgan fingerprint density at radius 1 is 1.16 bits per heavy atom. The summed E-state index contributed by atoms with van der Waals surface area (Å²) in [4.78, 5) is 30.0.